The lowest BCUT2D eigenvalue weighted by atomic mass is 10.2. The summed E-state index contributed by atoms with van der Waals surface area (Å²) in [7, 11) is 1.74. The topological polar surface area (TPSA) is 22.1 Å². The molecule has 0 radical (unpaired) electrons. The molecule has 0 atom stereocenters. The number of hydrogen-bond acceptors (Lipinski definition) is 3. The zero-order valence-electron chi connectivity index (χ0n) is 7.90. The van der Waals surface area contributed by atoms with Crippen LogP contribution in [-0.4, -0.2) is 30.2 Å². The molecule has 13 heavy (non-hydrogen) atoms. The van der Waals surface area contributed by atoms with Gasteiger partial charge >= 0.3 is 0 Å². The van der Waals surface area contributed by atoms with Crippen LogP contribution < -0.4 is 0 Å². The molecule has 0 aliphatic rings. The summed E-state index contributed by atoms with van der Waals surface area (Å²) >= 11 is 1.93. The van der Waals surface area contributed by atoms with E-state index in [0.717, 1.165) is 24.5 Å². The van der Waals surface area contributed by atoms with Gasteiger partial charge in [0.15, 0.2) is 0 Å². The van der Waals surface area contributed by atoms with Gasteiger partial charge in [0.1, 0.15) is 0 Å². The molecule has 3 heteroatoms. The quantitative estimate of drug-likeness (QED) is 0.651. The van der Waals surface area contributed by atoms with Crippen molar-refractivity contribution in [2.45, 2.75) is 6.42 Å². The van der Waals surface area contributed by atoms with E-state index in [4.69, 9.17) is 4.74 Å². The number of aromatic nitrogens is 1. The van der Waals surface area contributed by atoms with Crippen molar-refractivity contribution >= 4 is 11.8 Å². The van der Waals surface area contributed by atoms with Crippen molar-refractivity contribution in [2.24, 2.45) is 0 Å². The number of nitrogens with zero attached hydrogens (tertiary/aromatic N) is 1. The predicted molar refractivity (Wildman–Crippen MR) is 57.1 cm³/mol. The Morgan fingerprint density at radius 2 is 2.08 bits per heavy atom. The summed E-state index contributed by atoms with van der Waals surface area (Å²) in [5.74, 6) is 2.24. The van der Waals surface area contributed by atoms with Gasteiger partial charge in [-0.05, 0) is 29.9 Å². The number of thioether (sulfide) groups is 1. The maximum Gasteiger partial charge on any atom is 0.0552 e. The van der Waals surface area contributed by atoms with E-state index in [-0.39, 0.29) is 0 Å². The van der Waals surface area contributed by atoms with E-state index in [1.165, 1.54) is 5.56 Å². The minimum atomic E-state index is 0.848. The molecule has 2 nitrogen and oxygen atoms in total. The number of ether oxygens (including phenoxy) is 1. The van der Waals surface area contributed by atoms with Crippen LogP contribution in [0.4, 0.5) is 0 Å². The SMILES string of the molecule is COCCSCCc1ccncc1. The molecule has 0 unspecified atom stereocenters. The molecule has 1 aromatic rings. The van der Waals surface area contributed by atoms with E-state index >= 15 is 0 Å². The lowest BCUT2D eigenvalue weighted by Crippen LogP contribution is -1.95. The first-order chi connectivity index (χ1) is 6.43. The molecule has 1 rings (SSSR count). The highest BCUT2D eigenvalue weighted by Gasteiger charge is 1.92. The van der Waals surface area contributed by atoms with E-state index in [9.17, 15) is 0 Å². The first-order valence-electron chi connectivity index (χ1n) is 4.39. The van der Waals surface area contributed by atoms with Crippen molar-refractivity contribution in [1.82, 2.24) is 4.98 Å². The van der Waals surface area contributed by atoms with Gasteiger partial charge < -0.3 is 4.74 Å². The Morgan fingerprint density at radius 1 is 1.31 bits per heavy atom. The van der Waals surface area contributed by atoms with Gasteiger partial charge in [-0.3, -0.25) is 4.98 Å². The van der Waals surface area contributed by atoms with Crippen LogP contribution in [0.1, 0.15) is 5.56 Å². The fourth-order valence-corrected chi connectivity index (χ4v) is 1.85. The summed E-state index contributed by atoms with van der Waals surface area (Å²) in [6, 6.07) is 4.13. The Bertz CT molecular complexity index is 215. The van der Waals surface area contributed by atoms with Crippen molar-refractivity contribution in [3.63, 3.8) is 0 Å². The Hall–Kier alpha value is -0.540. The van der Waals surface area contributed by atoms with Crippen LogP contribution in [0.5, 0.6) is 0 Å². The average Bonchev–Trinajstić information content (AvgIpc) is 2.19. The molecule has 0 amide bonds. The summed E-state index contributed by atoms with van der Waals surface area (Å²) in [5.41, 5.74) is 1.36. The maximum atomic E-state index is 4.96. The summed E-state index contributed by atoms with van der Waals surface area (Å²) < 4.78 is 4.96. The van der Waals surface area contributed by atoms with Gasteiger partial charge in [0.05, 0.1) is 6.61 Å². The molecule has 72 valence electrons. The summed E-state index contributed by atoms with van der Waals surface area (Å²) in [6.07, 6.45) is 4.81. The number of aryl methyl sites for hydroxylation is 1. The first kappa shape index (κ1) is 10.5. The maximum absolute atomic E-state index is 4.96. The smallest absolute Gasteiger partial charge is 0.0552 e. The van der Waals surface area contributed by atoms with E-state index in [2.05, 4.69) is 17.1 Å². The second kappa shape index (κ2) is 6.92. The van der Waals surface area contributed by atoms with Crippen molar-refractivity contribution in [3.05, 3.63) is 30.1 Å². The molecule has 0 N–H and O–H groups in total. The highest BCUT2D eigenvalue weighted by atomic mass is 32.2. The van der Waals surface area contributed by atoms with Gasteiger partial charge in [-0.2, -0.15) is 11.8 Å². The van der Waals surface area contributed by atoms with Gasteiger partial charge in [0.25, 0.3) is 0 Å². The average molecular weight is 197 g/mol. The molecule has 0 aliphatic carbocycles. The number of methoxy groups -OCH3 is 1. The highest BCUT2D eigenvalue weighted by Crippen LogP contribution is 2.05. The van der Waals surface area contributed by atoms with Crippen molar-refractivity contribution in [3.8, 4) is 0 Å². The molecular weight excluding hydrogens is 182 g/mol. The van der Waals surface area contributed by atoms with Gasteiger partial charge in [-0.15, -0.1) is 0 Å². The van der Waals surface area contributed by atoms with E-state index in [1.807, 2.05) is 24.2 Å². The molecule has 0 saturated heterocycles. The van der Waals surface area contributed by atoms with Crippen LogP contribution >= 0.6 is 11.8 Å². The van der Waals surface area contributed by atoms with Gasteiger partial charge in [0, 0.05) is 25.3 Å². The molecule has 0 saturated carbocycles. The largest absolute Gasteiger partial charge is 0.384 e. The van der Waals surface area contributed by atoms with Crippen LogP contribution in [0.3, 0.4) is 0 Å². The van der Waals surface area contributed by atoms with Crippen LogP contribution in [0.2, 0.25) is 0 Å². The lowest BCUT2D eigenvalue weighted by Gasteiger charge is -2.00. The van der Waals surface area contributed by atoms with Crippen LogP contribution in [0.15, 0.2) is 24.5 Å². The normalized spacial score (nSPS) is 10.2. The monoisotopic (exact) mass is 197 g/mol. The molecule has 0 spiro atoms. The molecule has 0 aliphatic heterocycles. The summed E-state index contributed by atoms with van der Waals surface area (Å²) in [4.78, 5) is 3.98. The third-order valence-electron chi connectivity index (χ3n) is 1.72. The van der Waals surface area contributed by atoms with Crippen LogP contribution in [-0.2, 0) is 11.2 Å². The standard InChI is InChI=1S/C10H15NOS/c1-12-7-9-13-8-4-10-2-5-11-6-3-10/h2-3,5-6H,4,7-9H2,1H3. The molecule has 0 bridgehead atoms. The van der Waals surface area contributed by atoms with E-state index < -0.39 is 0 Å². The molecular formula is C10H15NOS. The summed E-state index contributed by atoms with van der Waals surface area (Å²) in [5, 5.41) is 0. The predicted octanol–water partition coefficient (Wildman–Crippen LogP) is 2.00. The third kappa shape index (κ3) is 4.90. The molecule has 1 heterocycles. The first-order valence-corrected chi connectivity index (χ1v) is 5.54. The zero-order chi connectivity index (χ0) is 9.36. The lowest BCUT2D eigenvalue weighted by molar-refractivity contribution is 0.218. The van der Waals surface area contributed by atoms with Gasteiger partial charge in [-0.25, -0.2) is 0 Å². The molecule has 0 aromatic carbocycles. The Kier molecular flexibility index (Phi) is 5.61. The second-order valence-corrected chi connectivity index (χ2v) is 3.94. The fraction of sp³-hybridized carbons (Fsp3) is 0.500. The van der Waals surface area contributed by atoms with Crippen molar-refractivity contribution in [2.75, 3.05) is 25.2 Å². The Balaban J connectivity index is 2.07. The fourth-order valence-electron chi connectivity index (χ4n) is 0.984. The summed E-state index contributed by atoms with van der Waals surface area (Å²) in [6.45, 7) is 0.848. The minimum absolute atomic E-state index is 0.848. The van der Waals surface area contributed by atoms with Crippen LogP contribution in [0.25, 0.3) is 0 Å². The number of rotatable bonds is 6. The Morgan fingerprint density at radius 3 is 2.77 bits per heavy atom. The second-order valence-electron chi connectivity index (χ2n) is 2.71. The third-order valence-corrected chi connectivity index (χ3v) is 2.66. The molecule has 1 aromatic heterocycles. The molecule has 0 fully saturated rings. The number of pyridine rings is 1. The highest BCUT2D eigenvalue weighted by molar-refractivity contribution is 7.99. The zero-order valence-corrected chi connectivity index (χ0v) is 8.72. The van der Waals surface area contributed by atoms with Crippen molar-refractivity contribution < 1.29 is 4.74 Å². The number of hydrogen-bond donors (Lipinski definition) is 0. The van der Waals surface area contributed by atoms with Gasteiger partial charge in [0.2, 0.25) is 0 Å². The van der Waals surface area contributed by atoms with Crippen molar-refractivity contribution in [1.29, 1.82) is 0 Å². The van der Waals surface area contributed by atoms with Crippen LogP contribution in [0, 0.1) is 0 Å². The van der Waals surface area contributed by atoms with Gasteiger partial charge in [-0.1, -0.05) is 0 Å². The van der Waals surface area contributed by atoms with E-state index in [1.54, 1.807) is 7.11 Å². The Labute approximate surface area is 83.7 Å². The minimum Gasteiger partial charge on any atom is -0.384 e. The van der Waals surface area contributed by atoms with E-state index in [0.29, 0.717) is 0 Å².